The number of hydrogen-bond acceptors (Lipinski definition) is 8. The van der Waals surface area contributed by atoms with Crippen molar-refractivity contribution in [3.05, 3.63) is 89.4 Å². The summed E-state index contributed by atoms with van der Waals surface area (Å²) >= 11 is 0. The number of hydrogen-bond donors (Lipinski definition) is 0. The second-order valence-corrected chi connectivity index (χ2v) is 8.49. The first kappa shape index (κ1) is 23.0. The normalized spacial score (nSPS) is 14.5. The van der Waals surface area contributed by atoms with Crippen molar-refractivity contribution in [3.63, 3.8) is 0 Å². The van der Waals surface area contributed by atoms with Crippen molar-refractivity contribution in [2.24, 2.45) is 4.99 Å². The first-order chi connectivity index (χ1) is 16.3. The summed E-state index contributed by atoms with van der Waals surface area (Å²) in [5, 5.41) is 0. The van der Waals surface area contributed by atoms with E-state index in [2.05, 4.69) is 4.99 Å². The molecule has 0 radical (unpaired) electrons. The molecule has 1 aliphatic heterocycles. The molecule has 0 spiro atoms. The molecule has 34 heavy (non-hydrogen) atoms. The fourth-order valence-corrected chi connectivity index (χ4v) is 4.01. The highest BCUT2D eigenvalue weighted by atomic mass is 32.2. The summed E-state index contributed by atoms with van der Waals surface area (Å²) in [4.78, 5) is 16.2. The molecule has 0 N–H and O–H groups in total. The van der Waals surface area contributed by atoms with E-state index in [1.807, 2.05) is 0 Å². The highest BCUT2D eigenvalue weighted by molar-refractivity contribution is 7.87. The molecule has 174 valence electrons. The van der Waals surface area contributed by atoms with Gasteiger partial charge in [0, 0.05) is 0 Å². The number of aliphatic imine (C=N–C) groups is 1. The Bertz CT molecular complexity index is 1410. The molecule has 1 heterocycles. The Kier molecular flexibility index (Phi) is 6.33. The maximum absolute atomic E-state index is 14.0. The van der Waals surface area contributed by atoms with Gasteiger partial charge in [-0.15, -0.1) is 0 Å². The van der Waals surface area contributed by atoms with Crippen LogP contribution < -0.4 is 13.7 Å². The van der Waals surface area contributed by atoms with E-state index in [9.17, 15) is 17.6 Å². The van der Waals surface area contributed by atoms with Gasteiger partial charge >= 0.3 is 16.1 Å². The van der Waals surface area contributed by atoms with Crippen LogP contribution >= 0.6 is 0 Å². The van der Waals surface area contributed by atoms with Gasteiger partial charge in [0.25, 0.3) is 0 Å². The predicted molar refractivity (Wildman–Crippen MR) is 121 cm³/mol. The highest BCUT2D eigenvalue weighted by Crippen LogP contribution is 2.32. The van der Waals surface area contributed by atoms with Gasteiger partial charge in [-0.2, -0.15) is 8.42 Å². The molecule has 0 saturated heterocycles. The SMILES string of the molecule is COc1ccc(S(=O)(=O)Oc2ccc(/C=C3\N=C(c4ccccc4F)OC3=O)cc2OC)cc1. The van der Waals surface area contributed by atoms with Gasteiger partial charge in [-0.1, -0.05) is 18.2 Å². The average molecular weight is 483 g/mol. The average Bonchev–Trinajstić information content (AvgIpc) is 3.19. The standard InChI is InChI=1S/C24H18FNO7S/c1-30-16-8-10-17(11-9-16)34(28,29)33-21-12-7-15(14-22(21)31-2)13-20-24(27)32-23(26-20)18-5-3-4-6-19(18)25/h3-14H,1-2H3/b20-13-. The molecule has 0 aliphatic carbocycles. The smallest absolute Gasteiger partial charge is 0.363 e. The molecule has 0 saturated carbocycles. The van der Waals surface area contributed by atoms with Gasteiger partial charge in [0.05, 0.1) is 19.8 Å². The number of halogens is 1. The highest BCUT2D eigenvalue weighted by Gasteiger charge is 2.26. The molecule has 3 aromatic carbocycles. The number of rotatable bonds is 7. The number of cyclic esters (lactones) is 1. The zero-order chi connectivity index (χ0) is 24.3. The minimum atomic E-state index is -4.14. The number of methoxy groups -OCH3 is 2. The van der Waals surface area contributed by atoms with Crippen molar-refractivity contribution in [2.75, 3.05) is 14.2 Å². The number of esters is 1. The molecule has 0 aromatic heterocycles. The van der Waals surface area contributed by atoms with Crippen molar-refractivity contribution >= 4 is 28.1 Å². The van der Waals surface area contributed by atoms with Gasteiger partial charge in [-0.3, -0.25) is 0 Å². The Morgan fingerprint density at radius 1 is 0.941 bits per heavy atom. The number of carbonyl (C=O) groups excluding carboxylic acids is 1. The number of ether oxygens (including phenoxy) is 3. The van der Waals surface area contributed by atoms with Crippen LogP contribution in [-0.4, -0.2) is 34.5 Å². The van der Waals surface area contributed by atoms with Crippen LogP contribution in [0.2, 0.25) is 0 Å². The van der Waals surface area contributed by atoms with Crippen LogP contribution in [0.1, 0.15) is 11.1 Å². The summed E-state index contributed by atoms with van der Waals surface area (Å²) in [5.41, 5.74) is 0.459. The molecule has 10 heteroatoms. The molecular weight excluding hydrogens is 465 g/mol. The van der Waals surface area contributed by atoms with Crippen molar-refractivity contribution in [1.29, 1.82) is 0 Å². The molecule has 8 nitrogen and oxygen atoms in total. The topological polar surface area (TPSA) is 100 Å². The summed E-state index contributed by atoms with van der Waals surface area (Å²) in [5.74, 6) is -0.913. The van der Waals surface area contributed by atoms with Gasteiger partial charge in [0.1, 0.15) is 16.5 Å². The van der Waals surface area contributed by atoms with Gasteiger partial charge in [0.15, 0.2) is 17.2 Å². The fraction of sp³-hybridized carbons (Fsp3) is 0.0833. The molecule has 0 amide bonds. The van der Waals surface area contributed by atoms with E-state index in [-0.39, 0.29) is 33.6 Å². The third kappa shape index (κ3) is 4.76. The zero-order valence-corrected chi connectivity index (χ0v) is 18.8. The number of nitrogens with zero attached hydrogens (tertiary/aromatic N) is 1. The molecule has 1 aliphatic rings. The van der Waals surface area contributed by atoms with Crippen LogP contribution in [0.25, 0.3) is 6.08 Å². The molecular formula is C24H18FNO7S. The lowest BCUT2D eigenvalue weighted by Gasteiger charge is -2.11. The minimum absolute atomic E-state index is 0.0509. The fourth-order valence-electron chi connectivity index (χ4n) is 3.07. The summed E-state index contributed by atoms with van der Waals surface area (Å²) in [7, 11) is -1.32. The van der Waals surface area contributed by atoms with E-state index in [1.165, 1.54) is 81.0 Å². The first-order valence-corrected chi connectivity index (χ1v) is 11.3. The summed E-state index contributed by atoms with van der Waals surface area (Å²) < 4.78 is 59.9. The first-order valence-electron chi connectivity index (χ1n) is 9.85. The van der Waals surface area contributed by atoms with Crippen molar-refractivity contribution in [1.82, 2.24) is 0 Å². The maximum Gasteiger partial charge on any atom is 0.363 e. The third-order valence-corrected chi connectivity index (χ3v) is 6.01. The monoisotopic (exact) mass is 483 g/mol. The zero-order valence-electron chi connectivity index (χ0n) is 18.0. The van der Waals surface area contributed by atoms with E-state index < -0.39 is 21.9 Å². The Morgan fingerprint density at radius 3 is 2.35 bits per heavy atom. The van der Waals surface area contributed by atoms with E-state index in [4.69, 9.17) is 18.4 Å². The van der Waals surface area contributed by atoms with Crippen LogP contribution in [-0.2, 0) is 19.6 Å². The van der Waals surface area contributed by atoms with Gasteiger partial charge in [-0.25, -0.2) is 14.2 Å². The molecule has 0 atom stereocenters. The van der Waals surface area contributed by atoms with E-state index >= 15 is 0 Å². The molecule has 0 unspecified atom stereocenters. The molecule has 0 fully saturated rings. The van der Waals surface area contributed by atoms with E-state index in [1.54, 1.807) is 6.07 Å². The van der Waals surface area contributed by atoms with Crippen molar-refractivity contribution in [3.8, 4) is 17.2 Å². The lowest BCUT2D eigenvalue weighted by Crippen LogP contribution is -2.10. The Balaban J connectivity index is 1.60. The van der Waals surface area contributed by atoms with Gasteiger partial charge < -0.3 is 18.4 Å². The van der Waals surface area contributed by atoms with Crippen LogP contribution in [0.4, 0.5) is 4.39 Å². The van der Waals surface area contributed by atoms with Crippen LogP contribution in [0.3, 0.4) is 0 Å². The quantitative estimate of drug-likeness (QED) is 0.285. The largest absolute Gasteiger partial charge is 0.497 e. The Hall–Kier alpha value is -4.18. The second-order valence-electron chi connectivity index (χ2n) is 6.94. The van der Waals surface area contributed by atoms with E-state index in [0.29, 0.717) is 11.3 Å². The Labute approximate surface area is 195 Å². The lowest BCUT2D eigenvalue weighted by molar-refractivity contribution is -0.129. The molecule has 3 aromatic rings. The third-order valence-electron chi connectivity index (χ3n) is 4.76. The molecule has 0 bridgehead atoms. The van der Waals surface area contributed by atoms with Crippen molar-refractivity contribution in [2.45, 2.75) is 4.90 Å². The Morgan fingerprint density at radius 2 is 1.68 bits per heavy atom. The minimum Gasteiger partial charge on any atom is -0.497 e. The van der Waals surface area contributed by atoms with Crippen LogP contribution in [0.15, 0.2) is 82.3 Å². The molecule has 4 rings (SSSR count). The van der Waals surface area contributed by atoms with Crippen molar-refractivity contribution < 1.29 is 36.0 Å². The second kappa shape index (κ2) is 9.36. The van der Waals surface area contributed by atoms with Gasteiger partial charge in [0.2, 0.25) is 5.90 Å². The summed E-state index contributed by atoms with van der Waals surface area (Å²) in [6.45, 7) is 0. The maximum atomic E-state index is 14.0. The number of benzene rings is 3. The van der Waals surface area contributed by atoms with E-state index in [0.717, 1.165) is 0 Å². The van der Waals surface area contributed by atoms with Crippen LogP contribution in [0.5, 0.6) is 17.2 Å². The summed E-state index contributed by atoms with van der Waals surface area (Å²) in [6, 6.07) is 15.9. The van der Waals surface area contributed by atoms with Crippen LogP contribution in [0, 0.1) is 5.82 Å². The summed E-state index contributed by atoms with van der Waals surface area (Å²) in [6.07, 6.45) is 1.40. The number of carbonyl (C=O) groups is 1. The van der Waals surface area contributed by atoms with Gasteiger partial charge in [-0.05, 0) is 60.2 Å². The lowest BCUT2D eigenvalue weighted by atomic mass is 10.1. The predicted octanol–water partition coefficient (Wildman–Crippen LogP) is 3.96.